The van der Waals surface area contributed by atoms with Crippen molar-refractivity contribution in [2.24, 2.45) is 0 Å². The van der Waals surface area contributed by atoms with E-state index in [-0.39, 0.29) is 22.8 Å². The van der Waals surface area contributed by atoms with Gasteiger partial charge in [0.15, 0.2) is 5.03 Å². The number of sulfonamides is 1. The minimum atomic E-state index is -3.95. The number of carbonyl (C=O) groups excluding carboxylic acids is 1. The first kappa shape index (κ1) is 30.7. The van der Waals surface area contributed by atoms with Gasteiger partial charge in [0, 0.05) is 17.9 Å². The number of nitrogens with zero attached hydrogens (tertiary/aromatic N) is 1. The summed E-state index contributed by atoms with van der Waals surface area (Å²) >= 11 is 1.22. The van der Waals surface area contributed by atoms with Crippen molar-refractivity contribution in [1.29, 1.82) is 0 Å². The molecule has 0 amide bonds. The second-order valence-corrected chi connectivity index (χ2v) is 13.6. The second-order valence-electron chi connectivity index (χ2n) is 10.8. The number of cyclic esters (lactones) is 1. The van der Waals surface area contributed by atoms with Crippen LogP contribution in [0.2, 0.25) is 0 Å². The summed E-state index contributed by atoms with van der Waals surface area (Å²) in [7, 11) is -2.62. The van der Waals surface area contributed by atoms with Gasteiger partial charge in [-0.3, -0.25) is 0 Å². The SMILES string of the molecule is CCC(C1=C(O)CC(CCc2ccccc2)(CCc2ccccc2)OC1=O)c1sc(-c2ccccc2)nc1S(=O)(=O)NC. The number of nitrogens with one attached hydrogen (secondary N) is 1. The fourth-order valence-corrected chi connectivity index (χ4v) is 8.12. The summed E-state index contributed by atoms with van der Waals surface area (Å²) < 4.78 is 34.9. The number of hydrogen-bond donors (Lipinski definition) is 2. The molecular weight excluding hydrogens is 581 g/mol. The number of carbonyl (C=O) groups is 1. The van der Waals surface area contributed by atoms with Crippen LogP contribution in [0.1, 0.15) is 54.5 Å². The minimum absolute atomic E-state index is 0.0494. The summed E-state index contributed by atoms with van der Waals surface area (Å²) in [5.41, 5.74) is 2.22. The van der Waals surface area contributed by atoms with Gasteiger partial charge in [0.2, 0.25) is 0 Å². The predicted molar refractivity (Wildman–Crippen MR) is 169 cm³/mol. The zero-order chi connectivity index (χ0) is 30.5. The lowest BCUT2D eigenvalue weighted by atomic mass is 9.80. The third-order valence-electron chi connectivity index (χ3n) is 7.99. The fourth-order valence-electron chi connectivity index (χ4n) is 5.64. The molecule has 0 bridgehead atoms. The van der Waals surface area contributed by atoms with E-state index in [1.165, 1.54) is 18.4 Å². The number of thiazole rings is 1. The lowest BCUT2D eigenvalue weighted by molar-refractivity contribution is -0.161. The molecule has 5 rings (SSSR count). The Kier molecular flexibility index (Phi) is 9.44. The summed E-state index contributed by atoms with van der Waals surface area (Å²) in [5, 5.41) is 12.0. The Hall–Kier alpha value is -3.79. The fraction of sp³-hybridized carbons (Fsp3) is 0.294. The van der Waals surface area contributed by atoms with Crippen LogP contribution >= 0.6 is 11.3 Å². The summed E-state index contributed by atoms with van der Waals surface area (Å²) in [4.78, 5) is 18.8. The van der Waals surface area contributed by atoms with E-state index < -0.39 is 27.5 Å². The molecule has 0 saturated heterocycles. The third-order valence-corrected chi connectivity index (χ3v) is 10.7. The molecule has 0 saturated carbocycles. The van der Waals surface area contributed by atoms with Crippen molar-refractivity contribution < 1.29 is 23.1 Å². The molecule has 1 atom stereocenters. The molecule has 3 aromatic carbocycles. The van der Waals surface area contributed by atoms with E-state index in [0.29, 0.717) is 42.0 Å². The molecule has 0 fully saturated rings. The van der Waals surface area contributed by atoms with Gasteiger partial charge < -0.3 is 9.84 Å². The Morgan fingerprint density at radius 3 is 1.95 bits per heavy atom. The molecule has 224 valence electrons. The number of ether oxygens (including phenoxy) is 1. The van der Waals surface area contributed by atoms with Gasteiger partial charge in [-0.1, -0.05) is 97.9 Å². The molecule has 1 unspecified atom stereocenters. The molecular formula is C34H36N2O5S2. The molecule has 4 aromatic rings. The number of hydrogen-bond acceptors (Lipinski definition) is 7. The zero-order valence-corrected chi connectivity index (χ0v) is 26.0. The van der Waals surface area contributed by atoms with E-state index in [4.69, 9.17) is 4.74 Å². The Morgan fingerprint density at radius 1 is 0.930 bits per heavy atom. The Bertz CT molecular complexity index is 1640. The smallest absolute Gasteiger partial charge is 0.338 e. The minimum Gasteiger partial charge on any atom is -0.512 e. The van der Waals surface area contributed by atoms with Crippen LogP contribution in [0.15, 0.2) is 107 Å². The highest BCUT2D eigenvalue weighted by Gasteiger charge is 2.45. The van der Waals surface area contributed by atoms with Gasteiger partial charge in [0.1, 0.15) is 16.4 Å². The third kappa shape index (κ3) is 6.90. The van der Waals surface area contributed by atoms with Crippen LogP contribution in [-0.4, -0.2) is 37.1 Å². The molecule has 7 nitrogen and oxygen atoms in total. The number of aliphatic hydroxyl groups is 1. The van der Waals surface area contributed by atoms with Crippen LogP contribution in [0, 0.1) is 0 Å². The second kappa shape index (κ2) is 13.2. The van der Waals surface area contributed by atoms with E-state index in [0.717, 1.165) is 16.7 Å². The first-order valence-electron chi connectivity index (χ1n) is 14.5. The Labute approximate surface area is 257 Å². The highest BCUT2D eigenvalue weighted by Crippen LogP contribution is 2.45. The van der Waals surface area contributed by atoms with Crippen molar-refractivity contribution in [3.63, 3.8) is 0 Å². The molecule has 0 aliphatic carbocycles. The normalized spacial score (nSPS) is 15.7. The van der Waals surface area contributed by atoms with E-state index >= 15 is 0 Å². The van der Waals surface area contributed by atoms with Crippen molar-refractivity contribution in [2.45, 2.75) is 62.0 Å². The number of aliphatic hydroxyl groups excluding tert-OH is 1. The standard InChI is InChI=1S/C34H36N2O5S2/c1-3-27(30-32(43(39,40)35-2)36-31(42-30)26-17-11-6-12-18-26)29-28(37)23-34(41-33(29)38,21-19-24-13-7-4-8-14-24)22-20-25-15-9-5-10-16-25/h4-18,27,35,37H,3,19-23H2,1-2H3. The number of aryl methyl sites for hydroxylation is 2. The van der Waals surface area contributed by atoms with Crippen molar-refractivity contribution in [2.75, 3.05) is 7.05 Å². The van der Waals surface area contributed by atoms with Gasteiger partial charge in [-0.2, -0.15) is 0 Å². The first-order valence-corrected chi connectivity index (χ1v) is 16.8. The highest BCUT2D eigenvalue weighted by molar-refractivity contribution is 7.89. The monoisotopic (exact) mass is 616 g/mol. The average Bonchev–Trinajstić information content (AvgIpc) is 3.49. The summed E-state index contributed by atoms with van der Waals surface area (Å²) in [6.07, 6.45) is 2.98. The van der Waals surface area contributed by atoms with E-state index in [1.54, 1.807) is 0 Å². The number of benzene rings is 3. The van der Waals surface area contributed by atoms with Crippen molar-refractivity contribution >= 4 is 27.3 Å². The van der Waals surface area contributed by atoms with Crippen LogP contribution in [-0.2, 0) is 32.4 Å². The van der Waals surface area contributed by atoms with E-state index in [9.17, 15) is 18.3 Å². The number of aromatic nitrogens is 1. The summed E-state index contributed by atoms with van der Waals surface area (Å²) in [6, 6.07) is 29.3. The van der Waals surface area contributed by atoms with Crippen LogP contribution in [0.25, 0.3) is 10.6 Å². The summed E-state index contributed by atoms with van der Waals surface area (Å²) in [6.45, 7) is 1.86. The quantitative estimate of drug-likeness (QED) is 0.167. The molecule has 0 spiro atoms. The molecule has 1 aliphatic heterocycles. The summed E-state index contributed by atoms with van der Waals surface area (Å²) in [5.74, 6) is -1.37. The number of esters is 1. The average molecular weight is 617 g/mol. The van der Waals surface area contributed by atoms with Crippen LogP contribution in [0.4, 0.5) is 0 Å². The molecule has 1 aliphatic rings. The zero-order valence-electron chi connectivity index (χ0n) is 24.3. The van der Waals surface area contributed by atoms with Crippen LogP contribution < -0.4 is 4.72 Å². The van der Waals surface area contributed by atoms with Gasteiger partial charge >= 0.3 is 5.97 Å². The van der Waals surface area contributed by atoms with Gasteiger partial charge in [-0.25, -0.2) is 22.9 Å². The predicted octanol–water partition coefficient (Wildman–Crippen LogP) is 6.98. The van der Waals surface area contributed by atoms with Crippen molar-refractivity contribution in [3.8, 4) is 10.6 Å². The molecule has 1 aromatic heterocycles. The van der Waals surface area contributed by atoms with Crippen LogP contribution in [0.5, 0.6) is 0 Å². The van der Waals surface area contributed by atoms with E-state index in [2.05, 4.69) is 9.71 Å². The lowest BCUT2D eigenvalue weighted by Crippen LogP contribution is -2.42. The molecule has 43 heavy (non-hydrogen) atoms. The highest BCUT2D eigenvalue weighted by atomic mass is 32.2. The lowest BCUT2D eigenvalue weighted by Gasteiger charge is -2.39. The maximum absolute atomic E-state index is 13.9. The van der Waals surface area contributed by atoms with E-state index in [1.807, 2.05) is 97.9 Å². The molecule has 2 heterocycles. The van der Waals surface area contributed by atoms with Gasteiger partial charge in [-0.05, 0) is 50.3 Å². The topological polar surface area (TPSA) is 106 Å². The molecule has 0 radical (unpaired) electrons. The largest absolute Gasteiger partial charge is 0.512 e. The maximum Gasteiger partial charge on any atom is 0.338 e. The van der Waals surface area contributed by atoms with Crippen molar-refractivity contribution in [1.82, 2.24) is 9.71 Å². The van der Waals surface area contributed by atoms with Gasteiger partial charge in [0.25, 0.3) is 10.0 Å². The van der Waals surface area contributed by atoms with Crippen LogP contribution in [0.3, 0.4) is 0 Å². The number of rotatable bonds is 12. The first-order chi connectivity index (χ1) is 20.7. The Balaban J connectivity index is 1.52. The van der Waals surface area contributed by atoms with Gasteiger partial charge in [0.05, 0.1) is 10.5 Å². The molecule has 2 N–H and O–H groups in total. The van der Waals surface area contributed by atoms with Crippen molar-refractivity contribution in [3.05, 3.63) is 118 Å². The van der Waals surface area contributed by atoms with Gasteiger partial charge in [-0.15, -0.1) is 11.3 Å². The Morgan fingerprint density at radius 2 is 1.47 bits per heavy atom. The maximum atomic E-state index is 13.9. The molecule has 9 heteroatoms.